The van der Waals surface area contributed by atoms with Crippen molar-refractivity contribution in [2.75, 3.05) is 34.8 Å². The summed E-state index contributed by atoms with van der Waals surface area (Å²) >= 11 is 0. The number of nitrogens with one attached hydrogen (secondary N) is 1. The van der Waals surface area contributed by atoms with Crippen LogP contribution in [0, 0.1) is 0 Å². The summed E-state index contributed by atoms with van der Waals surface area (Å²) in [5.74, 6) is 1.49. The van der Waals surface area contributed by atoms with Crippen LogP contribution in [0.15, 0.2) is 47.1 Å². The number of rotatable bonds is 6. The van der Waals surface area contributed by atoms with Gasteiger partial charge in [0.05, 0.1) is 17.8 Å². The monoisotopic (exact) mass is 348 g/mol. The first kappa shape index (κ1) is 16.9. The van der Waals surface area contributed by atoms with Crippen molar-refractivity contribution >= 4 is 21.2 Å². The molecule has 0 aliphatic carbocycles. The largest absolute Gasteiger partial charge is 0.469 e. The molecule has 2 aromatic rings. The van der Waals surface area contributed by atoms with Gasteiger partial charge in [-0.15, -0.1) is 0 Å². The van der Waals surface area contributed by atoms with Crippen molar-refractivity contribution in [1.29, 1.82) is 0 Å². The molecule has 130 valence electrons. The second-order valence-electron chi connectivity index (χ2n) is 6.35. The van der Waals surface area contributed by atoms with Crippen molar-refractivity contribution in [1.82, 2.24) is 0 Å². The lowest BCUT2D eigenvalue weighted by atomic mass is 10.1. The zero-order valence-electron chi connectivity index (χ0n) is 13.9. The summed E-state index contributed by atoms with van der Waals surface area (Å²) in [5, 5.41) is 3.51. The molecule has 0 amide bonds. The van der Waals surface area contributed by atoms with Gasteiger partial charge < -0.3 is 14.6 Å². The van der Waals surface area contributed by atoms with Gasteiger partial charge in [-0.2, -0.15) is 0 Å². The highest BCUT2D eigenvalue weighted by molar-refractivity contribution is 7.91. The number of benzene rings is 1. The molecule has 1 saturated heterocycles. The first-order valence-electron chi connectivity index (χ1n) is 8.36. The lowest BCUT2D eigenvalue weighted by molar-refractivity contribution is 0.495. The summed E-state index contributed by atoms with van der Waals surface area (Å²) < 4.78 is 28.5. The van der Waals surface area contributed by atoms with Gasteiger partial charge in [0.15, 0.2) is 9.84 Å². The van der Waals surface area contributed by atoms with E-state index in [2.05, 4.69) is 23.2 Å². The van der Waals surface area contributed by atoms with Gasteiger partial charge >= 0.3 is 0 Å². The lowest BCUT2D eigenvalue weighted by Gasteiger charge is -2.29. The fourth-order valence-electron chi connectivity index (χ4n) is 2.93. The van der Waals surface area contributed by atoms with E-state index in [9.17, 15) is 8.42 Å². The van der Waals surface area contributed by atoms with E-state index in [-0.39, 0.29) is 11.5 Å². The van der Waals surface area contributed by atoms with Crippen LogP contribution in [0.5, 0.6) is 0 Å². The maximum absolute atomic E-state index is 11.6. The minimum Gasteiger partial charge on any atom is -0.469 e. The first-order valence-corrected chi connectivity index (χ1v) is 10.2. The molecular weight excluding hydrogens is 324 g/mol. The van der Waals surface area contributed by atoms with E-state index in [1.54, 1.807) is 6.26 Å². The topological polar surface area (TPSA) is 62.6 Å². The normalized spacial score (nSPS) is 18.3. The molecule has 2 heterocycles. The van der Waals surface area contributed by atoms with Gasteiger partial charge in [0.2, 0.25) is 0 Å². The molecule has 1 fully saturated rings. The molecule has 5 nitrogen and oxygen atoms in total. The number of sulfone groups is 1. The van der Waals surface area contributed by atoms with Crippen LogP contribution < -0.4 is 10.2 Å². The van der Waals surface area contributed by atoms with Gasteiger partial charge in [0, 0.05) is 36.9 Å². The van der Waals surface area contributed by atoms with Crippen molar-refractivity contribution in [3.8, 4) is 0 Å². The second-order valence-corrected chi connectivity index (χ2v) is 8.66. The van der Waals surface area contributed by atoms with Crippen LogP contribution in [-0.4, -0.2) is 39.1 Å². The number of nitrogens with zero attached hydrogens (tertiary/aromatic N) is 1. The number of hydrogen-bond donors (Lipinski definition) is 1. The molecule has 0 saturated carbocycles. The number of aryl methyl sites for hydroxylation is 1. The Balaban J connectivity index is 1.56. The average Bonchev–Trinajstić information content (AvgIpc) is 3.07. The predicted octanol–water partition coefficient (Wildman–Crippen LogP) is 2.95. The summed E-state index contributed by atoms with van der Waals surface area (Å²) in [6.45, 7) is 3.29. The molecule has 1 aromatic carbocycles. The second kappa shape index (κ2) is 7.30. The molecule has 0 bridgehead atoms. The Morgan fingerprint density at radius 3 is 2.71 bits per heavy atom. The van der Waals surface area contributed by atoms with Crippen molar-refractivity contribution in [3.63, 3.8) is 0 Å². The van der Waals surface area contributed by atoms with Gasteiger partial charge in [-0.05, 0) is 43.7 Å². The average molecular weight is 348 g/mol. The summed E-state index contributed by atoms with van der Waals surface area (Å²) in [5.41, 5.74) is 2.14. The highest BCUT2D eigenvalue weighted by atomic mass is 32.2. The minimum absolute atomic E-state index is 0.240. The Morgan fingerprint density at radius 2 is 2.00 bits per heavy atom. The number of anilines is 2. The molecule has 24 heavy (non-hydrogen) atoms. The molecule has 1 N–H and O–H groups in total. The summed E-state index contributed by atoms with van der Waals surface area (Å²) in [4.78, 5) is 2.14. The van der Waals surface area contributed by atoms with Crippen molar-refractivity contribution in [2.45, 2.75) is 25.8 Å². The summed E-state index contributed by atoms with van der Waals surface area (Å²) in [7, 11) is -2.85. The fraction of sp³-hybridized carbons (Fsp3) is 0.444. The van der Waals surface area contributed by atoms with E-state index < -0.39 is 9.84 Å². The smallest absolute Gasteiger partial charge is 0.153 e. The van der Waals surface area contributed by atoms with E-state index in [1.807, 2.05) is 30.3 Å². The van der Waals surface area contributed by atoms with Crippen molar-refractivity contribution < 1.29 is 12.8 Å². The molecule has 3 rings (SSSR count). The predicted molar refractivity (Wildman–Crippen MR) is 97.4 cm³/mol. The van der Waals surface area contributed by atoms with Crippen molar-refractivity contribution in [2.24, 2.45) is 0 Å². The fourth-order valence-corrected chi connectivity index (χ4v) is 4.13. The lowest BCUT2D eigenvalue weighted by Crippen LogP contribution is -2.40. The highest BCUT2D eigenvalue weighted by Crippen LogP contribution is 2.22. The van der Waals surface area contributed by atoms with Gasteiger partial charge in [0.1, 0.15) is 5.76 Å². The van der Waals surface area contributed by atoms with Gasteiger partial charge in [0.25, 0.3) is 0 Å². The van der Waals surface area contributed by atoms with Crippen molar-refractivity contribution in [3.05, 3.63) is 48.4 Å². The van der Waals surface area contributed by atoms with E-state index in [1.165, 1.54) is 0 Å². The summed E-state index contributed by atoms with van der Waals surface area (Å²) in [6.07, 6.45) is 3.60. The van der Waals surface area contributed by atoms with Gasteiger partial charge in [-0.25, -0.2) is 8.42 Å². The maximum atomic E-state index is 11.6. The molecular formula is C18H24N2O3S. The Labute approximate surface area is 143 Å². The molecule has 0 radical (unpaired) electrons. The molecule has 1 atom stereocenters. The van der Waals surface area contributed by atoms with Gasteiger partial charge in [-0.3, -0.25) is 0 Å². The Morgan fingerprint density at radius 1 is 1.21 bits per heavy atom. The van der Waals surface area contributed by atoms with Crippen LogP contribution in [0.25, 0.3) is 0 Å². The van der Waals surface area contributed by atoms with Crippen LogP contribution >= 0.6 is 0 Å². The maximum Gasteiger partial charge on any atom is 0.153 e. The van der Waals surface area contributed by atoms with E-state index in [4.69, 9.17) is 4.42 Å². The van der Waals surface area contributed by atoms with Crippen LogP contribution in [0.3, 0.4) is 0 Å². The highest BCUT2D eigenvalue weighted by Gasteiger charge is 2.21. The summed E-state index contributed by atoms with van der Waals surface area (Å²) in [6, 6.07) is 12.4. The van der Waals surface area contributed by atoms with Crippen LogP contribution in [0.4, 0.5) is 11.4 Å². The Kier molecular flexibility index (Phi) is 5.14. The van der Waals surface area contributed by atoms with E-state index in [0.29, 0.717) is 19.1 Å². The zero-order chi connectivity index (χ0) is 17.0. The molecule has 6 heteroatoms. The molecule has 1 aliphatic rings. The Hall–Kier alpha value is -1.95. The van der Waals surface area contributed by atoms with Crippen LogP contribution in [0.2, 0.25) is 0 Å². The SMILES string of the molecule is C[C@@H](CCc1ccco1)Nc1cccc(N2CCS(=O)(=O)CC2)c1. The van der Waals surface area contributed by atoms with E-state index >= 15 is 0 Å². The standard InChI is InChI=1S/C18H24N2O3S/c1-15(7-8-18-6-3-11-23-18)19-16-4-2-5-17(14-16)20-9-12-24(21,22)13-10-20/h2-6,11,14-15,19H,7-10,12-13H2,1H3/t15-/m0/s1. The molecule has 0 spiro atoms. The minimum atomic E-state index is -2.85. The number of furan rings is 1. The molecule has 0 unspecified atom stereocenters. The quantitative estimate of drug-likeness (QED) is 0.870. The van der Waals surface area contributed by atoms with Crippen LogP contribution in [-0.2, 0) is 16.3 Å². The molecule has 1 aromatic heterocycles. The first-order chi connectivity index (χ1) is 11.5. The molecule has 1 aliphatic heterocycles. The third kappa shape index (κ3) is 4.54. The Bertz CT molecular complexity index is 742. The number of hydrogen-bond acceptors (Lipinski definition) is 5. The van der Waals surface area contributed by atoms with Gasteiger partial charge in [-0.1, -0.05) is 6.07 Å². The zero-order valence-corrected chi connectivity index (χ0v) is 14.8. The third-order valence-electron chi connectivity index (χ3n) is 4.37. The van der Waals surface area contributed by atoms with E-state index in [0.717, 1.165) is 30.0 Å². The van der Waals surface area contributed by atoms with Crippen LogP contribution in [0.1, 0.15) is 19.1 Å². The third-order valence-corrected chi connectivity index (χ3v) is 5.98.